The Balaban J connectivity index is 1.77. The zero-order chi connectivity index (χ0) is 14.9. The SMILES string of the molecule is NC1(Cc2ccc([N+](=O)[O-])cc2)CCc2ccccc2C1. The Morgan fingerprint density at radius 1 is 1.10 bits per heavy atom. The van der Waals surface area contributed by atoms with Gasteiger partial charge < -0.3 is 5.73 Å². The van der Waals surface area contributed by atoms with Crippen LogP contribution < -0.4 is 5.73 Å². The van der Waals surface area contributed by atoms with E-state index in [4.69, 9.17) is 5.73 Å². The van der Waals surface area contributed by atoms with Crippen molar-refractivity contribution in [2.24, 2.45) is 5.73 Å². The van der Waals surface area contributed by atoms with Gasteiger partial charge in [-0.1, -0.05) is 36.4 Å². The first-order valence-corrected chi connectivity index (χ1v) is 7.15. The molecule has 0 spiro atoms. The molecule has 1 unspecified atom stereocenters. The lowest BCUT2D eigenvalue weighted by Crippen LogP contribution is -2.47. The summed E-state index contributed by atoms with van der Waals surface area (Å²) in [5.41, 5.74) is 10.2. The number of aryl methyl sites for hydroxylation is 1. The quantitative estimate of drug-likeness (QED) is 0.695. The fourth-order valence-electron chi connectivity index (χ4n) is 3.12. The van der Waals surface area contributed by atoms with Crippen LogP contribution in [0.2, 0.25) is 0 Å². The van der Waals surface area contributed by atoms with Crippen LogP contribution in [0.4, 0.5) is 5.69 Å². The van der Waals surface area contributed by atoms with Gasteiger partial charge in [-0.3, -0.25) is 10.1 Å². The highest BCUT2D eigenvalue weighted by atomic mass is 16.6. The van der Waals surface area contributed by atoms with E-state index >= 15 is 0 Å². The van der Waals surface area contributed by atoms with Crippen molar-refractivity contribution in [3.05, 3.63) is 75.3 Å². The van der Waals surface area contributed by atoms with Crippen molar-refractivity contribution < 1.29 is 4.92 Å². The normalized spacial score (nSPS) is 20.8. The first-order valence-electron chi connectivity index (χ1n) is 7.15. The fourth-order valence-corrected chi connectivity index (χ4v) is 3.12. The second-order valence-corrected chi connectivity index (χ2v) is 5.91. The number of rotatable bonds is 3. The maximum Gasteiger partial charge on any atom is 0.269 e. The Kier molecular flexibility index (Phi) is 3.47. The van der Waals surface area contributed by atoms with Gasteiger partial charge in [0, 0.05) is 17.7 Å². The molecule has 0 radical (unpaired) electrons. The molecule has 2 N–H and O–H groups in total. The third kappa shape index (κ3) is 2.95. The molecule has 21 heavy (non-hydrogen) atoms. The van der Waals surface area contributed by atoms with Crippen molar-refractivity contribution >= 4 is 5.69 Å². The lowest BCUT2D eigenvalue weighted by Gasteiger charge is -2.35. The predicted molar refractivity (Wildman–Crippen MR) is 82.2 cm³/mol. The highest BCUT2D eigenvalue weighted by Gasteiger charge is 2.30. The predicted octanol–water partition coefficient (Wildman–Crippen LogP) is 3.02. The Bertz CT molecular complexity index is 667. The minimum absolute atomic E-state index is 0.124. The van der Waals surface area contributed by atoms with E-state index in [2.05, 4.69) is 24.3 Å². The van der Waals surface area contributed by atoms with E-state index in [9.17, 15) is 10.1 Å². The van der Waals surface area contributed by atoms with E-state index in [1.807, 2.05) is 12.1 Å². The maximum atomic E-state index is 10.7. The zero-order valence-corrected chi connectivity index (χ0v) is 11.8. The molecule has 0 saturated carbocycles. The summed E-state index contributed by atoms with van der Waals surface area (Å²) in [6.45, 7) is 0. The molecule has 0 bridgehead atoms. The van der Waals surface area contributed by atoms with Gasteiger partial charge in [0.15, 0.2) is 0 Å². The van der Waals surface area contributed by atoms with Gasteiger partial charge in [-0.25, -0.2) is 0 Å². The molecular weight excluding hydrogens is 264 g/mol. The molecule has 0 aliphatic heterocycles. The molecule has 4 nitrogen and oxygen atoms in total. The van der Waals surface area contributed by atoms with Crippen LogP contribution in [0.15, 0.2) is 48.5 Å². The smallest absolute Gasteiger partial charge is 0.269 e. The van der Waals surface area contributed by atoms with Crippen molar-refractivity contribution in [2.75, 3.05) is 0 Å². The molecule has 0 aromatic heterocycles. The number of nitro benzene ring substituents is 1. The van der Waals surface area contributed by atoms with Crippen LogP contribution in [-0.4, -0.2) is 10.5 Å². The van der Waals surface area contributed by atoms with Crippen LogP contribution >= 0.6 is 0 Å². The van der Waals surface area contributed by atoms with Gasteiger partial charge in [0.2, 0.25) is 0 Å². The summed E-state index contributed by atoms with van der Waals surface area (Å²) in [5.74, 6) is 0. The second kappa shape index (κ2) is 5.30. The van der Waals surface area contributed by atoms with Crippen LogP contribution in [0.25, 0.3) is 0 Å². The average Bonchev–Trinajstić information content (AvgIpc) is 2.47. The molecule has 0 saturated heterocycles. The molecule has 108 valence electrons. The van der Waals surface area contributed by atoms with Crippen molar-refractivity contribution in [3.63, 3.8) is 0 Å². The molecule has 1 atom stereocenters. The molecule has 0 amide bonds. The van der Waals surface area contributed by atoms with Crippen LogP contribution in [-0.2, 0) is 19.3 Å². The van der Waals surface area contributed by atoms with E-state index in [1.165, 1.54) is 11.1 Å². The number of hydrogen-bond acceptors (Lipinski definition) is 3. The van der Waals surface area contributed by atoms with Crippen LogP contribution in [0.5, 0.6) is 0 Å². The van der Waals surface area contributed by atoms with E-state index in [0.29, 0.717) is 0 Å². The zero-order valence-electron chi connectivity index (χ0n) is 11.8. The number of nitro groups is 1. The Labute approximate surface area is 123 Å². The van der Waals surface area contributed by atoms with Crippen molar-refractivity contribution in [2.45, 2.75) is 31.2 Å². The van der Waals surface area contributed by atoms with Crippen molar-refractivity contribution in [1.29, 1.82) is 0 Å². The third-order valence-electron chi connectivity index (χ3n) is 4.26. The lowest BCUT2D eigenvalue weighted by atomic mass is 9.75. The van der Waals surface area contributed by atoms with Gasteiger partial charge in [0.05, 0.1) is 4.92 Å². The average molecular weight is 282 g/mol. The summed E-state index contributed by atoms with van der Waals surface area (Å²) >= 11 is 0. The molecule has 1 aliphatic carbocycles. The highest BCUT2D eigenvalue weighted by molar-refractivity contribution is 5.36. The molecule has 4 heteroatoms. The molecule has 3 rings (SSSR count). The summed E-state index contributed by atoms with van der Waals surface area (Å²) in [4.78, 5) is 10.3. The summed E-state index contributed by atoms with van der Waals surface area (Å²) in [6, 6.07) is 15.2. The number of nitrogens with two attached hydrogens (primary N) is 1. The van der Waals surface area contributed by atoms with Gasteiger partial charge in [0.1, 0.15) is 0 Å². The number of benzene rings is 2. The number of hydrogen-bond donors (Lipinski definition) is 1. The summed E-state index contributed by atoms with van der Waals surface area (Å²) in [7, 11) is 0. The van der Waals surface area contributed by atoms with Gasteiger partial charge in [-0.15, -0.1) is 0 Å². The van der Waals surface area contributed by atoms with Crippen molar-refractivity contribution in [1.82, 2.24) is 0 Å². The van der Waals surface area contributed by atoms with E-state index < -0.39 is 0 Å². The topological polar surface area (TPSA) is 69.2 Å². The largest absolute Gasteiger partial charge is 0.324 e. The van der Waals surface area contributed by atoms with Crippen molar-refractivity contribution in [3.8, 4) is 0 Å². The Morgan fingerprint density at radius 3 is 2.43 bits per heavy atom. The van der Waals surface area contributed by atoms with Gasteiger partial charge >= 0.3 is 0 Å². The lowest BCUT2D eigenvalue weighted by molar-refractivity contribution is -0.384. The van der Waals surface area contributed by atoms with Gasteiger partial charge in [0.25, 0.3) is 5.69 Å². The monoisotopic (exact) mass is 282 g/mol. The van der Waals surface area contributed by atoms with E-state index in [-0.39, 0.29) is 16.1 Å². The minimum Gasteiger partial charge on any atom is -0.324 e. The summed E-state index contributed by atoms with van der Waals surface area (Å²) < 4.78 is 0. The number of nitrogens with zero attached hydrogens (tertiary/aromatic N) is 1. The first kappa shape index (κ1) is 13.8. The molecule has 0 fully saturated rings. The molecular formula is C17H18N2O2. The number of fused-ring (bicyclic) bond motifs is 1. The summed E-state index contributed by atoms with van der Waals surface area (Å²) in [6.07, 6.45) is 3.56. The molecule has 2 aromatic carbocycles. The Morgan fingerprint density at radius 2 is 1.76 bits per heavy atom. The second-order valence-electron chi connectivity index (χ2n) is 5.91. The molecule has 1 aliphatic rings. The van der Waals surface area contributed by atoms with E-state index in [0.717, 1.165) is 31.2 Å². The fraction of sp³-hybridized carbons (Fsp3) is 0.294. The molecule has 2 aromatic rings. The highest BCUT2D eigenvalue weighted by Crippen LogP contribution is 2.30. The minimum atomic E-state index is -0.376. The Hall–Kier alpha value is -2.20. The van der Waals surface area contributed by atoms with Gasteiger partial charge in [-0.05, 0) is 42.4 Å². The van der Waals surface area contributed by atoms with E-state index in [1.54, 1.807) is 12.1 Å². The summed E-state index contributed by atoms with van der Waals surface area (Å²) in [5, 5.41) is 10.7. The van der Waals surface area contributed by atoms with Gasteiger partial charge in [-0.2, -0.15) is 0 Å². The van der Waals surface area contributed by atoms with Crippen LogP contribution in [0, 0.1) is 10.1 Å². The number of non-ortho nitro benzene ring substituents is 1. The third-order valence-corrected chi connectivity index (χ3v) is 4.26. The first-order chi connectivity index (χ1) is 10.1. The standard InChI is InChI=1S/C17H18N2O2/c18-17(10-9-14-3-1-2-4-15(14)12-17)11-13-5-7-16(8-6-13)19(20)21/h1-8H,9-12,18H2. The van der Waals surface area contributed by atoms with Crippen LogP contribution in [0.3, 0.4) is 0 Å². The van der Waals surface area contributed by atoms with Crippen LogP contribution in [0.1, 0.15) is 23.1 Å². The maximum absolute atomic E-state index is 10.7. The molecule has 0 heterocycles.